The normalized spacial score (nSPS) is 21.4. The van der Waals surface area contributed by atoms with E-state index >= 15 is 0 Å². The zero-order valence-electron chi connectivity index (χ0n) is 16.9. The van der Waals surface area contributed by atoms with Crippen LogP contribution in [0.1, 0.15) is 48.5 Å². The van der Waals surface area contributed by atoms with Gasteiger partial charge in [0.2, 0.25) is 5.76 Å². The van der Waals surface area contributed by atoms with Crippen LogP contribution in [-0.2, 0) is 0 Å². The van der Waals surface area contributed by atoms with Crippen LogP contribution in [0.25, 0.3) is 27.7 Å². The third-order valence-electron chi connectivity index (χ3n) is 6.44. The fourth-order valence-corrected chi connectivity index (χ4v) is 4.95. The van der Waals surface area contributed by atoms with Gasteiger partial charge in [-0.2, -0.15) is 0 Å². The van der Waals surface area contributed by atoms with Gasteiger partial charge in [-0.25, -0.2) is 4.98 Å². The quantitative estimate of drug-likeness (QED) is 0.465. The summed E-state index contributed by atoms with van der Waals surface area (Å²) >= 11 is 0. The molecule has 1 saturated carbocycles. The first-order valence-electron chi connectivity index (χ1n) is 10.6. The second-order valence-electron chi connectivity index (χ2n) is 8.17. The summed E-state index contributed by atoms with van der Waals surface area (Å²) in [7, 11) is 0. The van der Waals surface area contributed by atoms with Crippen molar-refractivity contribution >= 4 is 33.6 Å². The molecule has 9 nitrogen and oxygen atoms in total. The summed E-state index contributed by atoms with van der Waals surface area (Å²) in [5.74, 6) is 1.55. The Bertz CT molecular complexity index is 1420. The standard InChI is InChI=1S/C22H21N7O2/c1-2-12-9-13(25-22(30)19-14-5-3-4-6-16(14)28-31-19)10-15(12)21-27-26-18-11-24-20-17(29(18)21)7-8-23-20/h3-8,11-13,15,23H,2,9-10H2,1H3,(H,25,30)/t12-,13+,15+/m1/s1. The summed E-state index contributed by atoms with van der Waals surface area (Å²) in [6.45, 7) is 2.18. The van der Waals surface area contributed by atoms with Gasteiger partial charge in [-0.05, 0) is 37.0 Å². The summed E-state index contributed by atoms with van der Waals surface area (Å²) in [5.41, 5.74) is 3.19. The smallest absolute Gasteiger partial charge is 0.290 e. The van der Waals surface area contributed by atoms with Crippen molar-refractivity contribution in [1.29, 1.82) is 0 Å². The zero-order valence-corrected chi connectivity index (χ0v) is 16.9. The number of carbonyl (C=O) groups is 1. The molecule has 4 aromatic heterocycles. The lowest BCUT2D eigenvalue weighted by atomic mass is 9.93. The molecule has 1 aromatic carbocycles. The summed E-state index contributed by atoms with van der Waals surface area (Å²) in [5, 5.41) is 16.8. The molecule has 0 unspecified atom stereocenters. The molecule has 0 spiro atoms. The van der Waals surface area contributed by atoms with Gasteiger partial charge in [0.1, 0.15) is 11.3 Å². The average Bonchev–Trinajstić information content (AvgIpc) is 3.56. The molecule has 1 aliphatic rings. The molecule has 6 rings (SSSR count). The summed E-state index contributed by atoms with van der Waals surface area (Å²) < 4.78 is 7.42. The third kappa shape index (κ3) is 2.80. The molecule has 0 radical (unpaired) electrons. The van der Waals surface area contributed by atoms with Gasteiger partial charge in [-0.15, -0.1) is 10.2 Å². The lowest BCUT2D eigenvalue weighted by Gasteiger charge is -2.15. The van der Waals surface area contributed by atoms with Crippen LogP contribution >= 0.6 is 0 Å². The number of rotatable bonds is 4. The number of fused-ring (bicyclic) bond motifs is 4. The van der Waals surface area contributed by atoms with Crippen LogP contribution in [0.4, 0.5) is 0 Å². The van der Waals surface area contributed by atoms with E-state index in [1.54, 1.807) is 6.20 Å². The maximum atomic E-state index is 12.9. The first-order valence-corrected chi connectivity index (χ1v) is 10.6. The van der Waals surface area contributed by atoms with E-state index in [2.05, 4.69) is 42.0 Å². The average molecular weight is 415 g/mol. The van der Waals surface area contributed by atoms with Crippen LogP contribution in [0, 0.1) is 5.92 Å². The largest absolute Gasteiger partial charge is 0.350 e. The number of hydrogen-bond donors (Lipinski definition) is 2. The van der Waals surface area contributed by atoms with Gasteiger partial charge in [0.05, 0.1) is 17.1 Å². The van der Waals surface area contributed by atoms with Gasteiger partial charge in [-0.1, -0.05) is 30.6 Å². The van der Waals surface area contributed by atoms with E-state index in [1.165, 1.54) is 0 Å². The minimum atomic E-state index is -0.225. The minimum absolute atomic E-state index is 0.0298. The van der Waals surface area contributed by atoms with E-state index < -0.39 is 0 Å². The molecule has 3 atom stereocenters. The predicted octanol–water partition coefficient (Wildman–Crippen LogP) is 3.45. The molecule has 1 aliphatic carbocycles. The number of H-pyrrole nitrogens is 1. The second kappa shape index (κ2) is 6.90. The van der Waals surface area contributed by atoms with Crippen LogP contribution in [0.3, 0.4) is 0 Å². The molecule has 1 fully saturated rings. The Balaban J connectivity index is 1.30. The molecule has 31 heavy (non-hydrogen) atoms. The van der Waals surface area contributed by atoms with Crippen molar-refractivity contribution in [2.75, 3.05) is 0 Å². The molecule has 5 aromatic rings. The van der Waals surface area contributed by atoms with Crippen molar-refractivity contribution in [3.05, 3.63) is 54.3 Å². The molecule has 0 aliphatic heterocycles. The Hall–Kier alpha value is -3.75. The number of benzene rings is 1. The summed E-state index contributed by atoms with van der Waals surface area (Å²) in [6.07, 6.45) is 6.29. The number of hydrogen-bond acceptors (Lipinski definition) is 6. The Labute approximate surface area is 176 Å². The molecule has 156 valence electrons. The van der Waals surface area contributed by atoms with Crippen molar-refractivity contribution in [3.63, 3.8) is 0 Å². The van der Waals surface area contributed by atoms with Crippen LogP contribution < -0.4 is 5.32 Å². The van der Waals surface area contributed by atoms with Crippen LogP contribution in [0.2, 0.25) is 0 Å². The number of nitrogens with one attached hydrogen (secondary N) is 2. The van der Waals surface area contributed by atoms with Gasteiger partial charge in [0.25, 0.3) is 5.91 Å². The van der Waals surface area contributed by atoms with Crippen molar-refractivity contribution in [3.8, 4) is 0 Å². The maximum Gasteiger partial charge on any atom is 0.290 e. The van der Waals surface area contributed by atoms with Crippen LogP contribution in [0.15, 0.2) is 47.2 Å². The topological polar surface area (TPSA) is 114 Å². The molecule has 4 heterocycles. The molecule has 0 saturated heterocycles. The van der Waals surface area contributed by atoms with E-state index in [0.29, 0.717) is 11.4 Å². The van der Waals surface area contributed by atoms with Gasteiger partial charge in [-0.3, -0.25) is 9.20 Å². The second-order valence-corrected chi connectivity index (χ2v) is 8.17. The van der Waals surface area contributed by atoms with E-state index in [0.717, 1.165) is 47.3 Å². The third-order valence-corrected chi connectivity index (χ3v) is 6.44. The fraction of sp³-hybridized carbons (Fsp3) is 0.318. The molecule has 1 amide bonds. The lowest BCUT2D eigenvalue weighted by molar-refractivity contribution is 0.0902. The number of carbonyl (C=O) groups excluding carboxylic acids is 1. The van der Waals surface area contributed by atoms with Gasteiger partial charge in [0, 0.05) is 18.2 Å². The first-order chi connectivity index (χ1) is 15.2. The number of aromatic nitrogens is 6. The highest BCUT2D eigenvalue weighted by Gasteiger charge is 2.38. The summed E-state index contributed by atoms with van der Waals surface area (Å²) in [6, 6.07) is 9.46. The van der Waals surface area contributed by atoms with Crippen molar-refractivity contribution in [2.45, 2.75) is 38.1 Å². The maximum absolute atomic E-state index is 12.9. The Morgan fingerprint density at radius 3 is 3.06 bits per heavy atom. The SMILES string of the molecule is CC[C@@H]1C[C@H](NC(=O)c2onc3ccccc23)C[C@@H]1c1nnc2cnc3[nH]ccc3n12. The number of amides is 1. The number of nitrogens with zero attached hydrogens (tertiary/aromatic N) is 5. The molecule has 0 bridgehead atoms. The molecule has 9 heteroatoms. The van der Waals surface area contributed by atoms with E-state index in [-0.39, 0.29) is 23.6 Å². The Morgan fingerprint density at radius 2 is 2.16 bits per heavy atom. The van der Waals surface area contributed by atoms with Crippen molar-refractivity contribution < 1.29 is 9.32 Å². The highest BCUT2D eigenvalue weighted by Crippen LogP contribution is 2.41. The summed E-state index contributed by atoms with van der Waals surface area (Å²) in [4.78, 5) is 20.5. The first kappa shape index (κ1) is 18.1. The molecule has 2 N–H and O–H groups in total. The lowest BCUT2D eigenvalue weighted by Crippen LogP contribution is -2.33. The predicted molar refractivity (Wildman–Crippen MR) is 114 cm³/mol. The zero-order chi connectivity index (χ0) is 20.9. The van der Waals surface area contributed by atoms with E-state index in [9.17, 15) is 4.79 Å². The molecular formula is C22H21N7O2. The minimum Gasteiger partial charge on any atom is -0.350 e. The van der Waals surface area contributed by atoms with Crippen molar-refractivity contribution in [1.82, 2.24) is 35.0 Å². The van der Waals surface area contributed by atoms with Crippen molar-refractivity contribution in [2.24, 2.45) is 5.92 Å². The Morgan fingerprint density at radius 1 is 1.26 bits per heavy atom. The van der Waals surface area contributed by atoms with Crippen LogP contribution in [-0.4, -0.2) is 41.7 Å². The fourth-order valence-electron chi connectivity index (χ4n) is 4.95. The monoisotopic (exact) mass is 415 g/mol. The highest BCUT2D eigenvalue weighted by atomic mass is 16.5. The van der Waals surface area contributed by atoms with Gasteiger partial charge in [0.15, 0.2) is 11.3 Å². The van der Waals surface area contributed by atoms with Crippen LogP contribution in [0.5, 0.6) is 0 Å². The van der Waals surface area contributed by atoms with Gasteiger partial charge < -0.3 is 14.8 Å². The number of aromatic amines is 1. The van der Waals surface area contributed by atoms with E-state index in [1.807, 2.05) is 36.5 Å². The van der Waals surface area contributed by atoms with Gasteiger partial charge >= 0.3 is 0 Å². The van der Waals surface area contributed by atoms with E-state index in [4.69, 9.17) is 4.52 Å². The highest BCUT2D eigenvalue weighted by molar-refractivity contribution is 6.03. The Kier molecular flexibility index (Phi) is 4.02. The molecular weight excluding hydrogens is 394 g/mol.